The van der Waals surface area contributed by atoms with Crippen molar-refractivity contribution in [3.05, 3.63) is 22.7 Å². The van der Waals surface area contributed by atoms with E-state index in [9.17, 15) is 4.79 Å². The van der Waals surface area contributed by atoms with Crippen molar-refractivity contribution in [2.45, 2.75) is 136 Å². The molecule has 0 radical (unpaired) electrons. The van der Waals surface area contributed by atoms with Gasteiger partial charge >= 0.3 is 5.97 Å². The number of rotatable bonds is 22. The Bertz CT molecular complexity index is 442. The minimum atomic E-state index is -0.708. The van der Waals surface area contributed by atoms with E-state index in [-0.39, 0.29) is 6.42 Å². The number of halogens is 1. The summed E-state index contributed by atoms with van der Waals surface area (Å²) in [6.07, 6.45) is 30.2. The largest absolute Gasteiger partial charge is 0.481 e. The summed E-state index contributed by atoms with van der Waals surface area (Å²) in [4.78, 5) is 10.5. The minimum Gasteiger partial charge on any atom is -0.481 e. The van der Waals surface area contributed by atoms with E-state index in [1.165, 1.54) is 94.4 Å². The molecule has 1 N–H and O–H groups in total. The van der Waals surface area contributed by atoms with Gasteiger partial charge in [0.05, 0.1) is 0 Å². The van der Waals surface area contributed by atoms with Crippen LogP contribution in [0.5, 0.6) is 0 Å². The first-order valence-electron chi connectivity index (χ1n) is 12.8. The summed E-state index contributed by atoms with van der Waals surface area (Å²) in [5, 5.41) is 8.62. The average molecular weight is 486 g/mol. The fraction of sp³-hybridized carbons (Fsp3) is 0.815. The van der Waals surface area contributed by atoms with Gasteiger partial charge in [-0.25, -0.2) is 0 Å². The normalized spacial score (nSPS) is 13.2. The van der Waals surface area contributed by atoms with Crippen LogP contribution in [-0.4, -0.2) is 11.1 Å². The predicted octanol–water partition coefficient (Wildman–Crippen LogP) is 9.97. The van der Waals surface area contributed by atoms with Crippen LogP contribution in [0.1, 0.15) is 136 Å². The van der Waals surface area contributed by atoms with Gasteiger partial charge in [-0.2, -0.15) is 0 Å². The molecule has 0 aromatic carbocycles. The molecule has 0 saturated carbocycles. The highest BCUT2D eigenvalue weighted by molar-refractivity contribution is 9.11. The lowest BCUT2D eigenvalue weighted by molar-refractivity contribution is -0.137. The fourth-order valence-corrected chi connectivity index (χ4v) is 4.08. The molecule has 3 heteroatoms. The van der Waals surface area contributed by atoms with Gasteiger partial charge in [0.1, 0.15) is 0 Å². The van der Waals surface area contributed by atoms with Crippen molar-refractivity contribution in [2.24, 2.45) is 5.92 Å². The zero-order chi connectivity index (χ0) is 22.3. The Kier molecular flexibility index (Phi) is 22.7. The molecule has 0 aliphatic heterocycles. The number of hydrogen-bond donors (Lipinski definition) is 1. The van der Waals surface area contributed by atoms with E-state index in [2.05, 4.69) is 48.0 Å². The second kappa shape index (κ2) is 23.1. The van der Waals surface area contributed by atoms with Crippen LogP contribution in [0.15, 0.2) is 22.7 Å². The van der Waals surface area contributed by atoms with Crippen LogP contribution in [0.4, 0.5) is 0 Å². The van der Waals surface area contributed by atoms with Crippen molar-refractivity contribution in [3.63, 3.8) is 0 Å². The van der Waals surface area contributed by atoms with Gasteiger partial charge in [-0.15, -0.1) is 0 Å². The zero-order valence-corrected chi connectivity index (χ0v) is 21.6. The van der Waals surface area contributed by atoms with Crippen LogP contribution in [0.3, 0.4) is 0 Å². The molecular weight excluding hydrogens is 436 g/mol. The Morgan fingerprint density at radius 2 is 1.30 bits per heavy atom. The number of carboxylic acid groups (broad SMARTS) is 1. The predicted molar refractivity (Wildman–Crippen MR) is 136 cm³/mol. The fourth-order valence-electron chi connectivity index (χ4n) is 3.62. The molecule has 0 saturated heterocycles. The number of carbonyl (C=O) groups is 1. The first-order chi connectivity index (χ1) is 14.6. The molecule has 0 rings (SSSR count). The molecule has 0 fully saturated rings. The van der Waals surface area contributed by atoms with Crippen molar-refractivity contribution in [2.75, 3.05) is 0 Å². The smallest absolute Gasteiger partial charge is 0.303 e. The molecule has 176 valence electrons. The molecule has 0 spiro atoms. The number of carboxylic acids is 1. The maximum absolute atomic E-state index is 10.5. The van der Waals surface area contributed by atoms with Crippen molar-refractivity contribution >= 4 is 21.9 Å². The Labute approximate surface area is 196 Å². The van der Waals surface area contributed by atoms with Crippen molar-refractivity contribution < 1.29 is 9.90 Å². The van der Waals surface area contributed by atoms with Gasteiger partial charge in [0.2, 0.25) is 0 Å². The van der Waals surface area contributed by atoms with E-state index in [4.69, 9.17) is 5.11 Å². The molecule has 0 aliphatic carbocycles. The molecule has 1 atom stereocenters. The third kappa shape index (κ3) is 23.7. The molecule has 0 aliphatic rings. The summed E-state index contributed by atoms with van der Waals surface area (Å²) in [5.41, 5.74) is 0. The van der Waals surface area contributed by atoms with E-state index >= 15 is 0 Å². The molecule has 0 aromatic rings. The van der Waals surface area contributed by atoms with Crippen LogP contribution in [0, 0.1) is 5.92 Å². The highest BCUT2D eigenvalue weighted by Gasteiger charge is 1.98. The second-order valence-corrected chi connectivity index (χ2v) is 9.95. The number of hydrogen-bond acceptors (Lipinski definition) is 1. The highest BCUT2D eigenvalue weighted by Crippen LogP contribution is 2.17. The Morgan fingerprint density at radius 3 is 1.87 bits per heavy atom. The first-order valence-corrected chi connectivity index (χ1v) is 13.6. The third-order valence-electron chi connectivity index (χ3n) is 5.94. The SMILES string of the molecule is CCC(C)CCCCCCCCCCCCCC=CCCC(Br)=CCCCC(=O)O. The van der Waals surface area contributed by atoms with E-state index in [0.717, 1.165) is 31.6 Å². The van der Waals surface area contributed by atoms with E-state index in [0.29, 0.717) is 0 Å². The van der Waals surface area contributed by atoms with Gasteiger partial charge in [0.25, 0.3) is 0 Å². The maximum Gasteiger partial charge on any atom is 0.303 e. The lowest BCUT2D eigenvalue weighted by Crippen LogP contribution is -1.92. The number of unbranched alkanes of at least 4 members (excludes halogenated alkanes) is 12. The quantitative estimate of drug-likeness (QED) is 0.122. The van der Waals surface area contributed by atoms with Crippen LogP contribution in [0.25, 0.3) is 0 Å². The Balaban J connectivity index is 3.28. The maximum atomic E-state index is 10.5. The third-order valence-corrected chi connectivity index (χ3v) is 6.66. The van der Waals surface area contributed by atoms with E-state index in [1.807, 2.05) is 0 Å². The van der Waals surface area contributed by atoms with Gasteiger partial charge in [-0.1, -0.05) is 125 Å². The molecular formula is C27H49BrO2. The van der Waals surface area contributed by atoms with E-state index in [1.54, 1.807) is 0 Å². The van der Waals surface area contributed by atoms with Crippen LogP contribution in [-0.2, 0) is 4.79 Å². The summed E-state index contributed by atoms with van der Waals surface area (Å²) < 4.78 is 1.20. The Morgan fingerprint density at radius 1 is 0.767 bits per heavy atom. The molecule has 1 unspecified atom stereocenters. The monoisotopic (exact) mass is 484 g/mol. The van der Waals surface area contributed by atoms with Gasteiger partial charge in [-0.05, 0) is 48.9 Å². The number of allylic oxidation sites excluding steroid dienone is 4. The molecule has 0 bridgehead atoms. The number of aliphatic carboxylic acids is 1. The summed E-state index contributed by atoms with van der Waals surface area (Å²) in [6, 6.07) is 0. The molecule has 0 amide bonds. The molecule has 30 heavy (non-hydrogen) atoms. The van der Waals surface area contributed by atoms with Gasteiger partial charge in [0.15, 0.2) is 0 Å². The summed E-state index contributed by atoms with van der Waals surface area (Å²) in [7, 11) is 0. The Hall–Kier alpha value is -0.570. The minimum absolute atomic E-state index is 0.259. The van der Waals surface area contributed by atoms with Crippen molar-refractivity contribution in [1.29, 1.82) is 0 Å². The average Bonchev–Trinajstić information content (AvgIpc) is 2.73. The molecule has 0 aromatic heterocycles. The summed E-state index contributed by atoms with van der Waals surface area (Å²) in [5.74, 6) is 0.216. The zero-order valence-electron chi connectivity index (χ0n) is 20.0. The molecule has 0 heterocycles. The van der Waals surface area contributed by atoms with Crippen LogP contribution < -0.4 is 0 Å². The lowest BCUT2D eigenvalue weighted by atomic mass is 9.99. The molecule has 2 nitrogen and oxygen atoms in total. The standard InChI is InChI=1S/C27H49BrO2/c1-3-25(2)21-17-15-13-11-9-7-5-4-6-8-10-12-14-16-18-22-26(28)23-19-20-24-27(29)30/h14,16,23,25H,3-13,15,17-22,24H2,1-2H3,(H,29,30). The lowest BCUT2D eigenvalue weighted by Gasteiger charge is -2.07. The van der Waals surface area contributed by atoms with Gasteiger partial charge in [-0.3, -0.25) is 4.79 Å². The first kappa shape index (κ1) is 29.4. The van der Waals surface area contributed by atoms with Gasteiger partial charge in [0, 0.05) is 6.42 Å². The summed E-state index contributed by atoms with van der Waals surface area (Å²) >= 11 is 3.58. The van der Waals surface area contributed by atoms with Gasteiger partial charge < -0.3 is 5.11 Å². The summed E-state index contributed by atoms with van der Waals surface area (Å²) in [6.45, 7) is 4.68. The van der Waals surface area contributed by atoms with Crippen molar-refractivity contribution in [1.82, 2.24) is 0 Å². The topological polar surface area (TPSA) is 37.3 Å². The second-order valence-electron chi connectivity index (χ2n) is 8.93. The van der Waals surface area contributed by atoms with Crippen LogP contribution >= 0.6 is 15.9 Å². The van der Waals surface area contributed by atoms with E-state index < -0.39 is 5.97 Å². The van der Waals surface area contributed by atoms with Crippen LogP contribution in [0.2, 0.25) is 0 Å². The van der Waals surface area contributed by atoms with Crippen molar-refractivity contribution in [3.8, 4) is 0 Å². The highest BCUT2D eigenvalue weighted by atomic mass is 79.9.